The first-order chi connectivity index (χ1) is 8.72. The Balaban J connectivity index is 2.22. The highest BCUT2D eigenvalue weighted by atomic mass is 16.5. The predicted molar refractivity (Wildman–Crippen MR) is 73.9 cm³/mol. The number of hydrogen-bond acceptors (Lipinski definition) is 3. The number of aliphatic hydroxyl groups excluding tert-OH is 1. The van der Waals surface area contributed by atoms with Gasteiger partial charge in [0.15, 0.2) is 0 Å². The van der Waals surface area contributed by atoms with Crippen LogP contribution in [0.5, 0.6) is 5.75 Å². The summed E-state index contributed by atoms with van der Waals surface area (Å²) in [5.41, 5.74) is 1.25. The van der Waals surface area contributed by atoms with Crippen molar-refractivity contribution in [1.82, 2.24) is 4.90 Å². The number of fused-ring (bicyclic) bond motifs is 1. The van der Waals surface area contributed by atoms with Gasteiger partial charge >= 0.3 is 0 Å². The molecule has 0 aromatic heterocycles. The van der Waals surface area contributed by atoms with E-state index in [4.69, 9.17) is 9.84 Å². The van der Waals surface area contributed by atoms with Gasteiger partial charge in [0.25, 0.3) is 0 Å². The van der Waals surface area contributed by atoms with Crippen LogP contribution in [0, 0.1) is 0 Å². The maximum absolute atomic E-state index is 8.89. The smallest absolute Gasteiger partial charge is 0.119 e. The number of rotatable bonds is 5. The van der Waals surface area contributed by atoms with E-state index in [1.165, 1.54) is 16.3 Å². The van der Waals surface area contributed by atoms with Crippen molar-refractivity contribution in [3.05, 3.63) is 42.0 Å². The van der Waals surface area contributed by atoms with Gasteiger partial charge in [0.05, 0.1) is 13.7 Å². The van der Waals surface area contributed by atoms with E-state index < -0.39 is 0 Å². The first-order valence-electron chi connectivity index (χ1n) is 6.09. The van der Waals surface area contributed by atoms with Crippen molar-refractivity contribution in [3.63, 3.8) is 0 Å². The second-order valence-corrected chi connectivity index (χ2v) is 4.51. The van der Waals surface area contributed by atoms with Gasteiger partial charge in [-0.1, -0.05) is 18.2 Å². The Hall–Kier alpha value is -1.58. The molecule has 1 N–H and O–H groups in total. The fraction of sp³-hybridized carbons (Fsp3) is 0.333. The summed E-state index contributed by atoms with van der Waals surface area (Å²) in [6.07, 6.45) is 0. The van der Waals surface area contributed by atoms with Gasteiger partial charge in [-0.05, 0) is 41.6 Å². The van der Waals surface area contributed by atoms with E-state index in [1.807, 2.05) is 19.2 Å². The fourth-order valence-corrected chi connectivity index (χ4v) is 2.06. The molecular weight excluding hydrogens is 226 g/mol. The first-order valence-corrected chi connectivity index (χ1v) is 6.09. The van der Waals surface area contributed by atoms with Gasteiger partial charge < -0.3 is 9.84 Å². The monoisotopic (exact) mass is 245 g/mol. The topological polar surface area (TPSA) is 32.7 Å². The molecule has 0 aliphatic carbocycles. The van der Waals surface area contributed by atoms with Gasteiger partial charge in [0.1, 0.15) is 5.75 Å². The molecular formula is C15H19NO2. The molecule has 2 rings (SSSR count). The molecule has 3 heteroatoms. The van der Waals surface area contributed by atoms with E-state index in [9.17, 15) is 0 Å². The summed E-state index contributed by atoms with van der Waals surface area (Å²) < 4.78 is 5.21. The van der Waals surface area contributed by atoms with E-state index in [-0.39, 0.29) is 6.61 Å². The Bertz CT molecular complexity index is 525. The van der Waals surface area contributed by atoms with Crippen LogP contribution in [-0.2, 0) is 6.54 Å². The molecule has 0 amide bonds. The van der Waals surface area contributed by atoms with Crippen molar-refractivity contribution >= 4 is 10.8 Å². The summed E-state index contributed by atoms with van der Waals surface area (Å²) in [6.45, 7) is 1.74. The average molecular weight is 245 g/mol. The van der Waals surface area contributed by atoms with Crippen molar-refractivity contribution in [2.24, 2.45) is 0 Å². The lowest BCUT2D eigenvalue weighted by Crippen LogP contribution is -2.21. The van der Waals surface area contributed by atoms with Gasteiger partial charge in [-0.2, -0.15) is 0 Å². The van der Waals surface area contributed by atoms with Crippen molar-refractivity contribution in [1.29, 1.82) is 0 Å². The number of ether oxygens (including phenoxy) is 1. The second kappa shape index (κ2) is 5.85. The normalized spacial score (nSPS) is 11.1. The molecule has 0 bridgehead atoms. The van der Waals surface area contributed by atoms with Crippen molar-refractivity contribution in [2.45, 2.75) is 6.54 Å². The first kappa shape index (κ1) is 12.9. The molecule has 3 nitrogen and oxygen atoms in total. The number of benzene rings is 2. The van der Waals surface area contributed by atoms with Gasteiger partial charge in [-0.25, -0.2) is 0 Å². The van der Waals surface area contributed by atoms with Crippen LogP contribution in [0.25, 0.3) is 10.8 Å². The quantitative estimate of drug-likeness (QED) is 0.877. The Labute approximate surface area is 108 Å². The predicted octanol–water partition coefficient (Wildman–Crippen LogP) is 2.27. The summed E-state index contributed by atoms with van der Waals surface area (Å²) in [5.74, 6) is 0.882. The number of aliphatic hydroxyl groups is 1. The molecule has 2 aromatic rings. The lowest BCUT2D eigenvalue weighted by atomic mass is 10.1. The Morgan fingerprint density at radius 1 is 1.11 bits per heavy atom. The third-order valence-corrected chi connectivity index (χ3v) is 3.05. The molecule has 0 radical (unpaired) electrons. The molecule has 0 saturated carbocycles. The number of likely N-dealkylation sites (N-methyl/N-ethyl adjacent to an activating group) is 1. The van der Waals surface area contributed by atoms with E-state index in [2.05, 4.69) is 29.2 Å². The minimum Gasteiger partial charge on any atom is -0.497 e. The van der Waals surface area contributed by atoms with Crippen LogP contribution in [0.1, 0.15) is 5.56 Å². The zero-order valence-electron chi connectivity index (χ0n) is 10.9. The molecule has 0 fully saturated rings. The molecule has 18 heavy (non-hydrogen) atoms. The number of methoxy groups -OCH3 is 1. The van der Waals surface area contributed by atoms with Gasteiger partial charge in [-0.15, -0.1) is 0 Å². The van der Waals surface area contributed by atoms with E-state index in [0.717, 1.165) is 12.3 Å². The Kier molecular flexibility index (Phi) is 4.18. The standard InChI is InChI=1S/C15H19NO2/c1-16(7-8-17)11-12-3-4-14-10-15(18-2)6-5-13(14)9-12/h3-6,9-10,17H,7-8,11H2,1-2H3. The third kappa shape index (κ3) is 3.00. The van der Waals surface area contributed by atoms with Crippen LogP contribution in [0.3, 0.4) is 0 Å². The molecule has 96 valence electrons. The molecule has 0 spiro atoms. The molecule has 0 aliphatic heterocycles. The molecule has 2 aromatic carbocycles. The van der Waals surface area contributed by atoms with Crippen LogP contribution < -0.4 is 4.74 Å². The van der Waals surface area contributed by atoms with Crippen LogP contribution in [-0.4, -0.2) is 37.3 Å². The zero-order valence-corrected chi connectivity index (χ0v) is 10.9. The number of nitrogens with zero attached hydrogens (tertiary/aromatic N) is 1. The summed E-state index contributed by atoms with van der Waals surface area (Å²) in [6, 6.07) is 12.5. The van der Waals surface area contributed by atoms with E-state index in [0.29, 0.717) is 6.54 Å². The molecule has 0 heterocycles. The second-order valence-electron chi connectivity index (χ2n) is 4.51. The van der Waals surface area contributed by atoms with Crippen LogP contribution in [0.15, 0.2) is 36.4 Å². The molecule has 0 saturated heterocycles. The summed E-state index contributed by atoms with van der Waals surface area (Å²) >= 11 is 0. The summed E-state index contributed by atoms with van der Waals surface area (Å²) in [4.78, 5) is 2.10. The SMILES string of the molecule is COc1ccc2cc(CN(C)CCO)ccc2c1. The zero-order chi connectivity index (χ0) is 13.0. The average Bonchev–Trinajstić information content (AvgIpc) is 2.38. The lowest BCUT2D eigenvalue weighted by molar-refractivity contribution is 0.217. The highest BCUT2D eigenvalue weighted by molar-refractivity contribution is 5.84. The van der Waals surface area contributed by atoms with E-state index in [1.54, 1.807) is 7.11 Å². The maximum Gasteiger partial charge on any atom is 0.119 e. The minimum absolute atomic E-state index is 0.196. The van der Waals surface area contributed by atoms with Crippen molar-refractivity contribution < 1.29 is 9.84 Å². The third-order valence-electron chi connectivity index (χ3n) is 3.05. The highest BCUT2D eigenvalue weighted by Gasteiger charge is 2.02. The fourth-order valence-electron chi connectivity index (χ4n) is 2.06. The maximum atomic E-state index is 8.89. The van der Waals surface area contributed by atoms with Gasteiger partial charge in [0, 0.05) is 13.1 Å². The summed E-state index contributed by atoms with van der Waals surface area (Å²) in [7, 11) is 3.69. The van der Waals surface area contributed by atoms with Crippen molar-refractivity contribution in [3.8, 4) is 5.75 Å². The number of hydrogen-bond donors (Lipinski definition) is 1. The minimum atomic E-state index is 0.196. The Morgan fingerprint density at radius 3 is 2.56 bits per heavy atom. The summed E-state index contributed by atoms with van der Waals surface area (Å²) in [5, 5.41) is 11.3. The van der Waals surface area contributed by atoms with Crippen LogP contribution in [0.4, 0.5) is 0 Å². The molecule has 0 aliphatic rings. The Morgan fingerprint density at radius 2 is 1.83 bits per heavy atom. The van der Waals surface area contributed by atoms with Crippen LogP contribution in [0.2, 0.25) is 0 Å². The molecule has 0 unspecified atom stereocenters. The highest BCUT2D eigenvalue weighted by Crippen LogP contribution is 2.22. The largest absolute Gasteiger partial charge is 0.497 e. The van der Waals surface area contributed by atoms with Gasteiger partial charge in [0.2, 0.25) is 0 Å². The van der Waals surface area contributed by atoms with Gasteiger partial charge in [-0.3, -0.25) is 4.90 Å². The molecule has 0 atom stereocenters. The van der Waals surface area contributed by atoms with Crippen molar-refractivity contribution in [2.75, 3.05) is 27.3 Å². The van der Waals surface area contributed by atoms with E-state index >= 15 is 0 Å². The van der Waals surface area contributed by atoms with Crippen LogP contribution >= 0.6 is 0 Å². The lowest BCUT2D eigenvalue weighted by Gasteiger charge is -2.15.